The Bertz CT molecular complexity index is 1030. The second-order valence-corrected chi connectivity index (χ2v) is 9.27. The topological polar surface area (TPSA) is 77.8 Å². The third-order valence-electron chi connectivity index (χ3n) is 6.21. The Hall–Kier alpha value is -2.29. The van der Waals surface area contributed by atoms with Crippen molar-refractivity contribution in [1.29, 1.82) is 0 Å². The molecule has 3 rings (SSSR count). The zero-order valence-electron chi connectivity index (χ0n) is 18.2. The number of piperidine rings is 1. The molecule has 0 saturated carbocycles. The molecule has 34 heavy (non-hydrogen) atoms. The molecule has 0 bridgehead atoms. The van der Waals surface area contributed by atoms with Crippen LogP contribution >= 0.6 is 23.2 Å². The van der Waals surface area contributed by atoms with Gasteiger partial charge in [0.2, 0.25) is 5.91 Å². The predicted octanol–water partition coefficient (Wildman–Crippen LogP) is 5.84. The maximum absolute atomic E-state index is 13.6. The lowest BCUT2D eigenvalue weighted by Crippen LogP contribution is -2.58. The molecule has 1 aliphatic rings. The lowest BCUT2D eigenvalue weighted by molar-refractivity contribution is -0.226. The number of rotatable bonds is 7. The zero-order chi connectivity index (χ0) is 25.2. The fourth-order valence-corrected chi connectivity index (χ4v) is 5.05. The highest BCUT2D eigenvalue weighted by molar-refractivity contribution is 6.30. The number of carbonyl (C=O) groups excluding carboxylic acids is 1. The molecule has 1 fully saturated rings. The van der Waals surface area contributed by atoms with Gasteiger partial charge in [0.15, 0.2) is 6.10 Å². The van der Waals surface area contributed by atoms with E-state index in [0.717, 1.165) is 4.90 Å². The highest BCUT2D eigenvalue weighted by atomic mass is 35.5. The van der Waals surface area contributed by atoms with Gasteiger partial charge in [0.25, 0.3) is 0 Å². The Morgan fingerprint density at radius 2 is 1.76 bits per heavy atom. The number of hydrogen-bond donors (Lipinski definition) is 2. The van der Waals surface area contributed by atoms with Crippen LogP contribution in [0.3, 0.4) is 0 Å². The molecule has 2 aromatic carbocycles. The van der Waals surface area contributed by atoms with E-state index in [1.807, 2.05) is 0 Å². The summed E-state index contributed by atoms with van der Waals surface area (Å²) < 4.78 is 40.8. The van der Waals surface area contributed by atoms with Crippen molar-refractivity contribution in [1.82, 2.24) is 4.90 Å². The molecule has 184 valence electrons. The first kappa shape index (κ1) is 26.3. The van der Waals surface area contributed by atoms with E-state index in [1.54, 1.807) is 48.5 Å². The molecule has 0 radical (unpaired) electrons. The van der Waals surface area contributed by atoms with Crippen LogP contribution in [0.2, 0.25) is 10.0 Å². The fraction of sp³-hybridized carbons (Fsp3) is 0.417. The Kier molecular flexibility index (Phi) is 8.16. The molecule has 0 spiro atoms. The molecule has 0 aromatic heterocycles. The van der Waals surface area contributed by atoms with Crippen LogP contribution < -0.4 is 0 Å². The minimum Gasteiger partial charge on any atom is -0.481 e. The number of likely N-dealkylation sites (tertiary alicyclic amines) is 1. The van der Waals surface area contributed by atoms with Crippen molar-refractivity contribution in [3.8, 4) is 0 Å². The van der Waals surface area contributed by atoms with Crippen LogP contribution in [0.5, 0.6) is 0 Å². The van der Waals surface area contributed by atoms with Crippen LogP contribution in [-0.4, -0.2) is 45.3 Å². The van der Waals surface area contributed by atoms with E-state index in [1.165, 1.54) is 6.92 Å². The third kappa shape index (κ3) is 5.67. The summed E-state index contributed by atoms with van der Waals surface area (Å²) in [6.45, 7) is 1.45. The number of amides is 1. The van der Waals surface area contributed by atoms with Crippen molar-refractivity contribution in [2.45, 2.75) is 56.5 Å². The molecule has 1 amide bonds. The number of alkyl halides is 3. The van der Waals surface area contributed by atoms with Crippen molar-refractivity contribution < 1.29 is 33.0 Å². The summed E-state index contributed by atoms with van der Waals surface area (Å²) in [7, 11) is 0. The number of carboxylic acids is 1. The van der Waals surface area contributed by atoms with E-state index in [4.69, 9.17) is 23.2 Å². The molecular formula is C24H24Cl2F3NO4. The van der Waals surface area contributed by atoms with Gasteiger partial charge < -0.3 is 15.1 Å². The number of aliphatic carboxylic acids is 1. The third-order valence-corrected chi connectivity index (χ3v) is 6.69. The van der Waals surface area contributed by atoms with Crippen LogP contribution in [0.15, 0.2) is 48.5 Å². The molecule has 0 aliphatic carbocycles. The Balaban J connectivity index is 2.23. The summed E-state index contributed by atoms with van der Waals surface area (Å²) >= 11 is 12.2. The molecule has 2 aromatic rings. The number of aliphatic hydroxyl groups is 1. The number of benzene rings is 2. The molecule has 1 aliphatic heterocycles. The number of aliphatic hydroxyl groups excluding tert-OH is 1. The van der Waals surface area contributed by atoms with E-state index in [9.17, 15) is 33.0 Å². The van der Waals surface area contributed by atoms with Gasteiger partial charge >= 0.3 is 12.1 Å². The van der Waals surface area contributed by atoms with E-state index in [-0.39, 0.29) is 12.8 Å². The van der Waals surface area contributed by atoms with Gasteiger partial charge in [-0.2, -0.15) is 13.2 Å². The molecule has 2 unspecified atom stereocenters. The maximum Gasteiger partial charge on any atom is 0.416 e. The van der Waals surface area contributed by atoms with Crippen LogP contribution in [0.1, 0.15) is 49.3 Å². The standard InChI is InChI=1S/C24H24Cl2F3NO4/c1-2-19(22(33)24(27,28)29)30-21(13-6-8-16(25)9-7-13)18(14-4-3-5-17(26)10-14)11-15(23(30)34)12-20(31)32/h3-10,15,18-19,21-22,33H,2,11-12H2,1H3,(H,31,32)/t15?,18-,19+,21-,22?/m1/s1. The van der Waals surface area contributed by atoms with Gasteiger partial charge in [-0.25, -0.2) is 0 Å². The minimum atomic E-state index is -4.98. The fourth-order valence-electron chi connectivity index (χ4n) is 4.73. The second kappa shape index (κ2) is 10.5. The number of nitrogens with zero attached hydrogens (tertiary/aromatic N) is 1. The molecule has 1 heterocycles. The molecule has 5 nitrogen and oxygen atoms in total. The predicted molar refractivity (Wildman–Crippen MR) is 122 cm³/mol. The summed E-state index contributed by atoms with van der Waals surface area (Å²) in [6, 6.07) is 10.6. The van der Waals surface area contributed by atoms with Gasteiger partial charge in [-0.05, 0) is 48.2 Å². The lowest BCUT2D eigenvalue weighted by atomic mass is 9.74. The lowest BCUT2D eigenvalue weighted by Gasteiger charge is -2.49. The quantitative estimate of drug-likeness (QED) is 0.483. The van der Waals surface area contributed by atoms with Gasteiger partial charge in [-0.1, -0.05) is 54.4 Å². The summed E-state index contributed by atoms with van der Waals surface area (Å²) in [6.07, 6.45) is -8.43. The highest BCUT2D eigenvalue weighted by Crippen LogP contribution is 2.48. The monoisotopic (exact) mass is 517 g/mol. The van der Waals surface area contributed by atoms with Crippen LogP contribution in [0.25, 0.3) is 0 Å². The number of carbonyl (C=O) groups is 2. The van der Waals surface area contributed by atoms with Gasteiger partial charge in [0, 0.05) is 21.9 Å². The van der Waals surface area contributed by atoms with Crippen molar-refractivity contribution >= 4 is 35.1 Å². The maximum atomic E-state index is 13.6. The number of hydrogen-bond acceptors (Lipinski definition) is 3. The van der Waals surface area contributed by atoms with E-state index < -0.39 is 54.5 Å². The van der Waals surface area contributed by atoms with Crippen LogP contribution in [0.4, 0.5) is 13.2 Å². The first-order valence-corrected chi connectivity index (χ1v) is 11.5. The average Bonchev–Trinajstić information content (AvgIpc) is 2.76. The number of halogens is 5. The normalized spacial score (nSPS) is 23.0. The second-order valence-electron chi connectivity index (χ2n) is 8.40. The average molecular weight is 518 g/mol. The Morgan fingerprint density at radius 3 is 2.29 bits per heavy atom. The Labute approximate surface area is 205 Å². The molecule has 10 heteroatoms. The molecule has 5 atom stereocenters. The van der Waals surface area contributed by atoms with Crippen molar-refractivity contribution in [3.05, 3.63) is 69.7 Å². The zero-order valence-corrected chi connectivity index (χ0v) is 19.7. The van der Waals surface area contributed by atoms with Gasteiger partial charge in [0.1, 0.15) is 0 Å². The Morgan fingerprint density at radius 1 is 1.12 bits per heavy atom. The largest absolute Gasteiger partial charge is 0.481 e. The molecular weight excluding hydrogens is 494 g/mol. The van der Waals surface area contributed by atoms with Crippen LogP contribution in [-0.2, 0) is 9.59 Å². The smallest absolute Gasteiger partial charge is 0.416 e. The van der Waals surface area contributed by atoms with Crippen molar-refractivity contribution in [2.75, 3.05) is 0 Å². The van der Waals surface area contributed by atoms with E-state index in [0.29, 0.717) is 21.2 Å². The summed E-state index contributed by atoms with van der Waals surface area (Å²) in [5, 5.41) is 20.4. The molecule has 1 saturated heterocycles. The van der Waals surface area contributed by atoms with E-state index >= 15 is 0 Å². The summed E-state index contributed by atoms with van der Waals surface area (Å²) in [4.78, 5) is 26.1. The summed E-state index contributed by atoms with van der Waals surface area (Å²) in [5.74, 6) is -3.62. The summed E-state index contributed by atoms with van der Waals surface area (Å²) in [5.41, 5.74) is 1.17. The van der Waals surface area contributed by atoms with Crippen molar-refractivity contribution in [3.63, 3.8) is 0 Å². The van der Waals surface area contributed by atoms with Gasteiger partial charge in [0.05, 0.1) is 18.5 Å². The van der Waals surface area contributed by atoms with E-state index in [2.05, 4.69) is 0 Å². The number of carboxylic acid groups (broad SMARTS) is 1. The SMILES string of the molecule is CC[C@@H](C(O)C(F)(F)F)N1C(=O)C(CC(=O)O)C[C@H](c2cccc(Cl)c2)[C@H]1c1ccc(Cl)cc1. The van der Waals surface area contributed by atoms with Crippen LogP contribution in [0, 0.1) is 5.92 Å². The molecule has 2 N–H and O–H groups in total. The minimum absolute atomic E-state index is 0.0911. The van der Waals surface area contributed by atoms with Gasteiger partial charge in [-0.3, -0.25) is 9.59 Å². The van der Waals surface area contributed by atoms with Crippen molar-refractivity contribution in [2.24, 2.45) is 5.92 Å². The van der Waals surface area contributed by atoms with Gasteiger partial charge in [-0.15, -0.1) is 0 Å². The first-order valence-electron chi connectivity index (χ1n) is 10.7. The highest BCUT2D eigenvalue weighted by Gasteiger charge is 2.52. The first-order chi connectivity index (χ1) is 15.9.